The van der Waals surface area contributed by atoms with Crippen molar-refractivity contribution in [2.24, 2.45) is 0 Å². The molecule has 0 fully saturated rings. The average molecular weight is 260 g/mol. The summed E-state index contributed by atoms with van der Waals surface area (Å²) in [6.07, 6.45) is 0.0449. The van der Waals surface area contributed by atoms with Crippen LogP contribution in [0.4, 0.5) is 4.39 Å². The number of methoxy groups -OCH3 is 1. The lowest BCUT2D eigenvalue weighted by Crippen LogP contribution is -2.04. The minimum atomic E-state index is -0.410. The van der Waals surface area contributed by atoms with Gasteiger partial charge in [-0.1, -0.05) is 24.3 Å². The third kappa shape index (κ3) is 3.10. The minimum absolute atomic E-state index is 0.0449. The maximum Gasteiger partial charge on any atom is 0.309 e. The number of halogens is 1. The third-order valence-electron chi connectivity index (χ3n) is 2.79. The summed E-state index contributed by atoms with van der Waals surface area (Å²) in [6.45, 7) is 0. The number of phenolic OH excluding ortho intramolecular Hbond substituents is 1. The molecule has 0 saturated carbocycles. The van der Waals surface area contributed by atoms with E-state index in [-0.39, 0.29) is 12.2 Å². The van der Waals surface area contributed by atoms with Crippen molar-refractivity contribution in [3.05, 3.63) is 53.8 Å². The molecule has 0 unspecified atom stereocenters. The standard InChI is InChI=1S/C15H13FO3/c1-19-15(18)9-10-2-7-13(14(16)8-10)11-3-5-12(17)6-4-11/h2-8,17H,9H2,1H3. The van der Waals surface area contributed by atoms with Crippen LogP contribution in [-0.4, -0.2) is 18.2 Å². The zero-order chi connectivity index (χ0) is 13.8. The van der Waals surface area contributed by atoms with Gasteiger partial charge in [0.05, 0.1) is 13.5 Å². The van der Waals surface area contributed by atoms with Crippen molar-refractivity contribution in [3.63, 3.8) is 0 Å². The van der Waals surface area contributed by atoms with E-state index in [1.165, 1.54) is 25.3 Å². The second-order valence-electron chi connectivity index (χ2n) is 4.11. The third-order valence-corrected chi connectivity index (χ3v) is 2.79. The SMILES string of the molecule is COC(=O)Cc1ccc(-c2ccc(O)cc2)c(F)c1. The van der Waals surface area contributed by atoms with E-state index in [0.717, 1.165) is 0 Å². The van der Waals surface area contributed by atoms with E-state index in [9.17, 15) is 14.3 Å². The number of hydrogen-bond acceptors (Lipinski definition) is 3. The zero-order valence-corrected chi connectivity index (χ0v) is 10.4. The van der Waals surface area contributed by atoms with E-state index in [2.05, 4.69) is 4.74 Å². The first-order chi connectivity index (χ1) is 9.10. The number of carbonyl (C=O) groups is 1. The maximum atomic E-state index is 14.0. The average Bonchev–Trinajstić information content (AvgIpc) is 2.40. The summed E-state index contributed by atoms with van der Waals surface area (Å²) in [5.74, 6) is -0.685. The van der Waals surface area contributed by atoms with Crippen LogP contribution in [0.25, 0.3) is 11.1 Å². The lowest BCUT2D eigenvalue weighted by atomic mass is 10.0. The van der Waals surface area contributed by atoms with Gasteiger partial charge in [0, 0.05) is 5.56 Å². The fourth-order valence-electron chi connectivity index (χ4n) is 1.78. The second kappa shape index (κ2) is 5.52. The molecule has 1 N–H and O–H groups in total. The molecule has 19 heavy (non-hydrogen) atoms. The largest absolute Gasteiger partial charge is 0.508 e. The van der Waals surface area contributed by atoms with Crippen LogP contribution in [-0.2, 0) is 16.0 Å². The first-order valence-electron chi connectivity index (χ1n) is 5.75. The molecule has 2 aromatic rings. The topological polar surface area (TPSA) is 46.5 Å². The molecule has 2 rings (SSSR count). The molecule has 0 saturated heterocycles. The van der Waals surface area contributed by atoms with Crippen LogP contribution in [0, 0.1) is 5.82 Å². The van der Waals surface area contributed by atoms with Crippen molar-refractivity contribution >= 4 is 5.97 Å². The molecular weight excluding hydrogens is 247 g/mol. The number of rotatable bonds is 3. The van der Waals surface area contributed by atoms with Gasteiger partial charge in [0.15, 0.2) is 0 Å². The van der Waals surface area contributed by atoms with Gasteiger partial charge in [-0.15, -0.1) is 0 Å². The highest BCUT2D eigenvalue weighted by atomic mass is 19.1. The van der Waals surface area contributed by atoms with Crippen LogP contribution in [0.1, 0.15) is 5.56 Å². The monoisotopic (exact) mass is 260 g/mol. The van der Waals surface area contributed by atoms with E-state index < -0.39 is 11.8 Å². The summed E-state index contributed by atoms with van der Waals surface area (Å²) in [6, 6.07) is 10.9. The van der Waals surface area contributed by atoms with E-state index in [1.807, 2.05) is 0 Å². The smallest absolute Gasteiger partial charge is 0.309 e. The van der Waals surface area contributed by atoms with Gasteiger partial charge in [-0.25, -0.2) is 4.39 Å². The van der Waals surface area contributed by atoms with E-state index >= 15 is 0 Å². The fraction of sp³-hybridized carbons (Fsp3) is 0.133. The number of aromatic hydroxyl groups is 1. The molecule has 0 aliphatic heterocycles. The van der Waals surface area contributed by atoms with Gasteiger partial charge in [-0.3, -0.25) is 4.79 Å². The quantitative estimate of drug-likeness (QED) is 0.863. The lowest BCUT2D eigenvalue weighted by molar-refractivity contribution is -0.139. The van der Waals surface area contributed by atoms with Gasteiger partial charge in [0.2, 0.25) is 0 Å². The van der Waals surface area contributed by atoms with Crippen molar-refractivity contribution in [2.45, 2.75) is 6.42 Å². The maximum absolute atomic E-state index is 14.0. The highest BCUT2D eigenvalue weighted by molar-refractivity contribution is 5.73. The molecule has 2 aromatic carbocycles. The zero-order valence-electron chi connectivity index (χ0n) is 10.4. The molecule has 0 bridgehead atoms. The Morgan fingerprint density at radius 3 is 2.47 bits per heavy atom. The lowest BCUT2D eigenvalue weighted by Gasteiger charge is -2.06. The number of hydrogen-bond donors (Lipinski definition) is 1. The minimum Gasteiger partial charge on any atom is -0.508 e. The van der Waals surface area contributed by atoms with Crippen LogP contribution in [0.3, 0.4) is 0 Å². The van der Waals surface area contributed by atoms with Crippen LogP contribution in [0.15, 0.2) is 42.5 Å². The van der Waals surface area contributed by atoms with Crippen molar-refractivity contribution < 1.29 is 19.0 Å². The summed E-state index contributed by atoms with van der Waals surface area (Å²) in [7, 11) is 1.30. The van der Waals surface area contributed by atoms with E-state index in [1.54, 1.807) is 24.3 Å². The van der Waals surface area contributed by atoms with Gasteiger partial charge in [0.25, 0.3) is 0 Å². The normalized spacial score (nSPS) is 10.2. The Morgan fingerprint density at radius 2 is 1.89 bits per heavy atom. The first-order valence-corrected chi connectivity index (χ1v) is 5.75. The Morgan fingerprint density at radius 1 is 1.21 bits per heavy atom. The summed E-state index contributed by atoms with van der Waals surface area (Å²) in [5.41, 5.74) is 1.65. The predicted molar refractivity (Wildman–Crippen MR) is 69.2 cm³/mol. The first kappa shape index (κ1) is 13.1. The molecular formula is C15H13FO3. The van der Waals surface area contributed by atoms with Crippen molar-refractivity contribution in [2.75, 3.05) is 7.11 Å². The molecule has 0 amide bonds. The second-order valence-corrected chi connectivity index (χ2v) is 4.11. The van der Waals surface area contributed by atoms with Gasteiger partial charge in [-0.05, 0) is 29.3 Å². The van der Waals surface area contributed by atoms with Crippen molar-refractivity contribution in [3.8, 4) is 16.9 Å². The molecule has 4 heteroatoms. The molecule has 0 aromatic heterocycles. The Hall–Kier alpha value is -2.36. The molecule has 0 heterocycles. The fourth-order valence-corrected chi connectivity index (χ4v) is 1.78. The van der Waals surface area contributed by atoms with Crippen LogP contribution in [0.2, 0.25) is 0 Å². The Kier molecular flexibility index (Phi) is 3.80. The number of ether oxygens (including phenoxy) is 1. The van der Waals surface area contributed by atoms with Crippen molar-refractivity contribution in [1.29, 1.82) is 0 Å². The van der Waals surface area contributed by atoms with Crippen molar-refractivity contribution in [1.82, 2.24) is 0 Å². The van der Waals surface area contributed by atoms with Crippen LogP contribution < -0.4 is 0 Å². The van der Waals surface area contributed by atoms with Crippen LogP contribution in [0.5, 0.6) is 5.75 Å². The molecule has 0 aliphatic carbocycles. The van der Waals surface area contributed by atoms with E-state index in [4.69, 9.17) is 0 Å². The van der Waals surface area contributed by atoms with Gasteiger partial charge in [0.1, 0.15) is 11.6 Å². The van der Waals surface area contributed by atoms with E-state index in [0.29, 0.717) is 16.7 Å². The highest BCUT2D eigenvalue weighted by Gasteiger charge is 2.09. The predicted octanol–water partition coefficient (Wildman–Crippen LogP) is 2.91. The van der Waals surface area contributed by atoms with Gasteiger partial charge in [-0.2, -0.15) is 0 Å². The molecule has 0 spiro atoms. The molecule has 3 nitrogen and oxygen atoms in total. The summed E-state index contributed by atoms with van der Waals surface area (Å²) >= 11 is 0. The molecule has 0 aliphatic rings. The molecule has 98 valence electrons. The Bertz CT molecular complexity index is 591. The summed E-state index contributed by atoms with van der Waals surface area (Å²) < 4.78 is 18.5. The number of esters is 1. The number of benzene rings is 2. The summed E-state index contributed by atoms with van der Waals surface area (Å²) in [4.78, 5) is 11.1. The Balaban J connectivity index is 2.29. The Labute approximate surface area is 110 Å². The number of phenols is 1. The van der Waals surface area contributed by atoms with Gasteiger partial charge >= 0.3 is 5.97 Å². The van der Waals surface area contributed by atoms with Gasteiger partial charge < -0.3 is 9.84 Å². The van der Waals surface area contributed by atoms with Crippen LogP contribution >= 0.6 is 0 Å². The highest BCUT2D eigenvalue weighted by Crippen LogP contribution is 2.25. The number of carbonyl (C=O) groups excluding carboxylic acids is 1. The molecule has 0 radical (unpaired) electrons. The molecule has 0 atom stereocenters. The summed E-state index contributed by atoms with van der Waals surface area (Å²) in [5, 5.41) is 9.20.